The molecule has 2 rings (SSSR count). The maximum absolute atomic E-state index is 13.7. The first-order chi connectivity index (χ1) is 11.1. The quantitative estimate of drug-likeness (QED) is 0.716. The van der Waals surface area contributed by atoms with Crippen LogP contribution in [0.2, 0.25) is 5.02 Å². The van der Waals surface area contributed by atoms with Crippen molar-refractivity contribution in [2.24, 2.45) is 0 Å². The molecule has 1 amide bonds. The van der Waals surface area contributed by atoms with Crippen molar-refractivity contribution < 1.29 is 9.18 Å². The summed E-state index contributed by atoms with van der Waals surface area (Å²) in [5, 5.41) is 0.382. The first-order valence-electron chi connectivity index (χ1n) is 7.43. The van der Waals surface area contributed by atoms with Crippen molar-refractivity contribution in [3.8, 4) is 0 Å². The van der Waals surface area contributed by atoms with Gasteiger partial charge >= 0.3 is 0 Å². The van der Waals surface area contributed by atoms with E-state index in [4.69, 9.17) is 11.6 Å². The third kappa shape index (κ3) is 5.56. The molecule has 0 spiro atoms. The van der Waals surface area contributed by atoms with E-state index in [-0.39, 0.29) is 11.7 Å². The summed E-state index contributed by atoms with van der Waals surface area (Å²) in [6.45, 7) is 3.22. The Labute approximate surface area is 145 Å². The summed E-state index contributed by atoms with van der Waals surface area (Å²) >= 11 is 7.15. The Bertz CT molecular complexity index is 651. The highest BCUT2D eigenvalue weighted by molar-refractivity contribution is 7.99. The summed E-state index contributed by atoms with van der Waals surface area (Å²) in [6.07, 6.45) is 0. The second-order valence-corrected chi connectivity index (χ2v) is 6.54. The summed E-state index contributed by atoms with van der Waals surface area (Å²) in [5.41, 5.74) is 1.68. The van der Waals surface area contributed by atoms with Crippen LogP contribution < -0.4 is 0 Å². The summed E-state index contributed by atoms with van der Waals surface area (Å²) in [5.74, 6) is 0.533. The Kier molecular flexibility index (Phi) is 6.93. The van der Waals surface area contributed by atoms with E-state index < -0.39 is 0 Å². The number of carbonyl (C=O) groups is 1. The van der Waals surface area contributed by atoms with Crippen molar-refractivity contribution in [2.75, 3.05) is 12.3 Å². The van der Waals surface area contributed by atoms with Gasteiger partial charge < -0.3 is 4.90 Å². The molecule has 0 bridgehead atoms. The Morgan fingerprint density at radius 2 is 1.96 bits per heavy atom. The zero-order chi connectivity index (χ0) is 16.7. The summed E-state index contributed by atoms with van der Waals surface area (Å²) in [4.78, 5) is 14.1. The minimum absolute atomic E-state index is 0.0655. The molecule has 0 aromatic heterocycles. The van der Waals surface area contributed by atoms with Crippen LogP contribution in [0.1, 0.15) is 18.1 Å². The number of nitrogens with zero attached hydrogens (tertiary/aromatic N) is 1. The van der Waals surface area contributed by atoms with Crippen LogP contribution in [0.15, 0.2) is 48.5 Å². The Balaban J connectivity index is 1.85. The van der Waals surface area contributed by atoms with E-state index in [1.807, 2.05) is 37.3 Å². The van der Waals surface area contributed by atoms with Crippen LogP contribution in [0.3, 0.4) is 0 Å². The van der Waals surface area contributed by atoms with Gasteiger partial charge in [0.2, 0.25) is 5.91 Å². The van der Waals surface area contributed by atoms with E-state index in [1.54, 1.807) is 17.0 Å². The molecular weight excluding hydrogens is 333 g/mol. The molecular formula is C18H19ClFNOS. The molecule has 2 aromatic carbocycles. The number of hydrogen-bond donors (Lipinski definition) is 0. The standard InChI is InChI=1S/C18H19ClFNOS/c1-2-21(11-14-6-4-3-5-7-14)18(22)13-23-12-15-8-9-16(19)10-17(15)20/h3-10H,2,11-13H2,1H3. The lowest BCUT2D eigenvalue weighted by molar-refractivity contribution is -0.128. The zero-order valence-electron chi connectivity index (χ0n) is 13.0. The molecule has 0 unspecified atom stereocenters. The van der Waals surface area contributed by atoms with Crippen LogP contribution in [0, 0.1) is 5.82 Å². The van der Waals surface area contributed by atoms with Crippen LogP contribution in [-0.2, 0) is 17.1 Å². The van der Waals surface area contributed by atoms with E-state index in [9.17, 15) is 9.18 Å². The van der Waals surface area contributed by atoms with E-state index in [0.29, 0.717) is 35.2 Å². The minimum Gasteiger partial charge on any atom is -0.338 e. The first kappa shape index (κ1) is 17.8. The average molecular weight is 352 g/mol. The minimum atomic E-state index is -0.325. The molecule has 2 nitrogen and oxygen atoms in total. The van der Waals surface area contributed by atoms with E-state index in [2.05, 4.69) is 0 Å². The van der Waals surface area contributed by atoms with Gasteiger partial charge in [-0.15, -0.1) is 11.8 Å². The van der Waals surface area contributed by atoms with Gasteiger partial charge in [0.15, 0.2) is 0 Å². The number of hydrogen-bond acceptors (Lipinski definition) is 2. The fourth-order valence-corrected chi connectivity index (χ4v) is 3.23. The number of benzene rings is 2. The molecule has 0 radical (unpaired) electrons. The van der Waals surface area contributed by atoms with Crippen molar-refractivity contribution in [3.05, 3.63) is 70.5 Å². The number of rotatable bonds is 7. The predicted octanol–water partition coefficient (Wildman–Crippen LogP) is 4.76. The normalized spacial score (nSPS) is 10.6. The molecule has 23 heavy (non-hydrogen) atoms. The van der Waals surface area contributed by atoms with Crippen LogP contribution in [-0.4, -0.2) is 23.1 Å². The molecule has 0 aliphatic heterocycles. The third-order valence-corrected chi connectivity index (χ3v) is 4.65. The van der Waals surface area contributed by atoms with Crippen LogP contribution in [0.5, 0.6) is 0 Å². The summed E-state index contributed by atoms with van der Waals surface area (Å²) in [6, 6.07) is 14.5. The summed E-state index contributed by atoms with van der Waals surface area (Å²) < 4.78 is 13.7. The fraction of sp³-hybridized carbons (Fsp3) is 0.278. The van der Waals surface area contributed by atoms with Crippen LogP contribution in [0.4, 0.5) is 4.39 Å². The maximum Gasteiger partial charge on any atom is 0.232 e. The van der Waals surface area contributed by atoms with Gasteiger partial charge in [0.1, 0.15) is 5.82 Å². The Morgan fingerprint density at radius 3 is 2.61 bits per heavy atom. The molecule has 122 valence electrons. The van der Waals surface area contributed by atoms with Crippen LogP contribution in [0.25, 0.3) is 0 Å². The summed E-state index contributed by atoms with van der Waals surface area (Å²) in [7, 11) is 0. The Hall–Kier alpha value is -1.52. The smallest absolute Gasteiger partial charge is 0.232 e. The fourth-order valence-electron chi connectivity index (χ4n) is 2.16. The second kappa shape index (κ2) is 8.94. The van der Waals surface area contributed by atoms with Crippen molar-refractivity contribution >= 4 is 29.3 Å². The highest BCUT2D eigenvalue weighted by Crippen LogP contribution is 2.20. The molecule has 0 saturated heterocycles. The van der Waals surface area contributed by atoms with E-state index in [1.165, 1.54) is 17.8 Å². The molecule has 0 N–H and O–H groups in total. The predicted molar refractivity (Wildman–Crippen MR) is 95.1 cm³/mol. The first-order valence-corrected chi connectivity index (χ1v) is 8.96. The lowest BCUT2D eigenvalue weighted by Crippen LogP contribution is -2.31. The topological polar surface area (TPSA) is 20.3 Å². The molecule has 0 fully saturated rings. The van der Waals surface area contributed by atoms with Gasteiger partial charge in [-0.05, 0) is 30.2 Å². The lowest BCUT2D eigenvalue weighted by atomic mass is 10.2. The van der Waals surface area contributed by atoms with Gasteiger partial charge in [-0.1, -0.05) is 48.0 Å². The van der Waals surface area contributed by atoms with E-state index in [0.717, 1.165) is 5.56 Å². The number of halogens is 2. The molecule has 5 heteroatoms. The zero-order valence-corrected chi connectivity index (χ0v) is 14.5. The molecule has 0 aliphatic rings. The SMILES string of the molecule is CCN(Cc1ccccc1)C(=O)CSCc1ccc(Cl)cc1F. The lowest BCUT2D eigenvalue weighted by Gasteiger charge is -2.21. The Morgan fingerprint density at radius 1 is 1.22 bits per heavy atom. The number of carbonyl (C=O) groups excluding carboxylic acids is 1. The van der Waals surface area contributed by atoms with Crippen LogP contribution >= 0.6 is 23.4 Å². The molecule has 2 aromatic rings. The van der Waals surface area contributed by atoms with E-state index >= 15 is 0 Å². The largest absolute Gasteiger partial charge is 0.338 e. The van der Waals surface area contributed by atoms with Crippen molar-refractivity contribution in [1.82, 2.24) is 4.90 Å². The van der Waals surface area contributed by atoms with Gasteiger partial charge in [-0.3, -0.25) is 4.79 Å². The number of amides is 1. The number of thioether (sulfide) groups is 1. The third-order valence-electron chi connectivity index (χ3n) is 3.45. The van der Waals surface area contributed by atoms with Gasteiger partial charge in [0.25, 0.3) is 0 Å². The van der Waals surface area contributed by atoms with Gasteiger partial charge in [-0.2, -0.15) is 0 Å². The average Bonchev–Trinajstić information content (AvgIpc) is 2.55. The van der Waals surface area contributed by atoms with Gasteiger partial charge in [-0.25, -0.2) is 4.39 Å². The molecule has 0 saturated carbocycles. The molecule has 0 heterocycles. The highest BCUT2D eigenvalue weighted by atomic mass is 35.5. The maximum atomic E-state index is 13.7. The highest BCUT2D eigenvalue weighted by Gasteiger charge is 2.12. The van der Waals surface area contributed by atoms with Crippen molar-refractivity contribution in [1.29, 1.82) is 0 Å². The van der Waals surface area contributed by atoms with Crippen molar-refractivity contribution in [2.45, 2.75) is 19.2 Å². The molecule has 0 atom stereocenters. The van der Waals surface area contributed by atoms with Crippen molar-refractivity contribution in [3.63, 3.8) is 0 Å². The monoisotopic (exact) mass is 351 g/mol. The van der Waals surface area contributed by atoms with Gasteiger partial charge in [0, 0.05) is 23.9 Å². The second-order valence-electron chi connectivity index (χ2n) is 5.12. The van der Waals surface area contributed by atoms with Gasteiger partial charge in [0.05, 0.1) is 5.75 Å². The molecule has 0 aliphatic carbocycles.